The summed E-state index contributed by atoms with van der Waals surface area (Å²) in [6, 6.07) is 25.0. The van der Waals surface area contributed by atoms with E-state index in [1.165, 1.54) is 25.1 Å². The van der Waals surface area contributed by atoms with E-state index in [1.54, 1.807) is 84.9 Å². The number of phenols is 1. The molecule has 1 saturated carbocycles. The van der Waals surface area contributed by atoms with Crippen LogP contribution >= 0.6 is 0 Å². The van der Waals surface area contributed by atoms with Crippen molar-refractivity contribution < 1.29 is 34.1 Å². The van der Waals surface area contributed by atoms with E-state index in [-0.39, 0.29) is 47.1 Å². The van der Waals surface area contributed by atoms with Gasteiger partial charge in [0.15, 0.2) is 17.3 Å². The van der Waals surface area contributed by atoms with Gasteiger partial charge in [-0.15, -0.1) is 6.58 Å². The van der Waals surface area contributed by atoms with Crippen LogP contribution in [-0.2, 0) is 31.0 Å². The molecule has 0 radical (unpaired) electrons. The Labute approximate surface area is 332 Å². The third-order valence-corrected chi connectivity index (χ3v) is 12.4. The van der Waals surface area contributed by atoms with Crippen LogP contribution in [-0.4, -0.2) is 52.4 Å². The molecule has 13 heteroatoms. The lowest BCUT2D eigenvalue weighted by molar-refractivity contribution is -0.392. The topological polar surface area (TPSA) is 181 Å². The van der Waals surface area contributed by atoms with E-state index in [0.29, 0.717) is 34.2 Å². The number of ketones is 2. The molecule has 3 aliphatic carbocycles. The summed E-state index contributed by atoms with van der Waals surface area (Å²) in [4.78, 5) is 84.7. The van der Waals surface area contributed by atoms with Crippen LogP contribution in [0.25, 0.3) is 5.57 Å². The number of hydrogen-bond acceptors (Lipinski definition) is 10. The average molecular weight is 779 g/mol. The number of aromatic hydroxyl groups is 1. The molecule has 1 aliphatic heterocycles. The molecule has 2 fully saturated rings. The second-order valence-corrected chi connectivity index (χ2v) is 15.4. The van der Waals surface area contributed by atoms with Crippen LogP contribution in [0.3, 0.4) is 0 Å². The minimum Gasteiger partial charge on any atom is -0.507 e. The summed E-state index contributed by atoms with van der Waals surface area (Å²) in [7, 11) is 2.83. The molecule has 1 N–H and O–H groups in total. The second-order valence-electron chi connectivity index (χ2n) is 15.4. The number of para-hydroxylation sites is 1. The summed E-state index contributed by atoms with van der Waals surface area (Å²) in [5.41, 5.74) is -0.675. The standard InChI is InChI=1S/C45H38N4O9/c1-4-12-26-15-11-18-31(41(26)51)39-29-19-20-30-38(44(54)47(43(30)53)28-21-35(48(55)56)40(46(2)3)36(22-28)49(57)58)33(29)23-34-42(52)32(25-13-7-5-8-14-25)24-37(50)45(34,39)27-16-9-6-10-17-27/h4-11,13-19,21-22,24,30,33-34,38-39,51H,1,12,20,23H2,2-3H3/t30-,33+,34-,38-,39+,45-/m0/s1. The summed E-state index contributed by atoms with van der Waals surface area (Å²) in [5, 5.41) is 36.6. The van der Waals surface area contributed by atoms with Gasteiger partial charge in [-0.25, -0.2) is 4.90 Å². The molecular formula is C45H38N4O9. The van der Waals surface area contributed by atoms with Crippen LogP contribution in [0.15, 0.2) is 121 Å². The van der Waals surface area contributed by atoms with Crippen LogP contribution in [0.4, 0.5) is 22.7 Å². The van der Waals surface area contributed by atoms with E-state index in [2.05, 4.69) is 6.58 Å². The lowest BCUT2D eigenvalue weighted by atomic mass is 9.44. The summed E-state index contributed by atoms with van der Waals surface area (Å²) in [6.45, 7) is 3.84. The van der Waals surface area contributed by atoms with Gasteiger partial charge in [-0.1, -0.05) is 96.6 Å². The number of allylic oxidation sites excluding steroid dienone is 5. The number of phenolic OH excluding ortho intramolecular Hbond substituents is 1. The second kappa shape index (κ2) is 14.2. The van der Waals surface area contributed by atoms with Crippen LogP contribution in [0.5, 0.6) is 5.75 Å². The molecule has 6 atom stereocenters. The van der Waals surface area contributed by atoms with E-state index < -0.39 is 68.0 Å². The zero-order chi connectivity index (χ0) is 41.2. The van der Waals surface area contributed by atoms with Crippen molar-refractivity contribution in [3.05, 3.63) is 164 Å². The summed E-state index contributed by atoms with van der Waals surface area (Å²) in [6.07, 6.45) is 5.19. The Bertz CT molecular complexity index is 2490. The molecule has 0 aromatic heterocycles. The fourth-order valence-electron chi connectivity index (χ4n) is 10.1. The largest absolute Gasteiger partial charge is 0.507 e. The van der Waals surface area contributed by atoms with Crippen molar-refractivity contribution >= 4 is 51.7 Å². The number of carbonyl (C=O) groups is 4. The lowest BCUT2D eigenvalue weighted by Crippen LogP contribution is -2.58. The van der Waals surface area contributed by atoms with Gasteiger partial charge >= 0.3 is 11.4 Å². The molecule has 13 nitrogen and oxygen atoms in total. The van der Waals surface area contributed by atoms with Crippen molar-refractivity contribution in [3.63, 3.8) is 0 Å². The highest BCUT2D eigenvalue weighted by atomic mass is 16.6. The average Bonchev–Trinajstić information content (AvgIpc) is 3.48. The van der Waals surface area contributed by atoms with Crippen molar-refractivity contribution in [1.82, 2.24) is 0 Å². The molecule has 0 bridgehead atoms. The molecule has 8 rings (SSSR count). The smallest absolute Gasteiger partial charge is 0.301 e. The monoisotopic (exact) mass is 778 g/mol. The van der Waals surface area contributed by atoms with Gasteiger partial charge in [0, 0.05) is 49.2 Å². The molecule has 0 unspecified atom stereocenters. The van der Waals surface area contributed by atoms with Crippen LogP contribution in [0.2, 0.25) is 0 Å². The molecule has 0 spiro atoms. The number of carbonyl (C=O) groups excluding carboxylic acids is 4. The Morgan fingerprint density at radius 2 is 1.52 bits per heavy atom. The molecular weight excluding hydrogens is 741 g/mol. The minimum absolute atomic E-state index is 0.0209. The number of nitro benzene ring substituents is 2. The normalized spacial score (nSPS) is 24.9. The van der Waals surface area contributed by atoms with Gasteiger partial charge < -0.3 is 10.0 Å². The van der Waals surface area contributed by atoms with Crippen LogP contribution < -0.4 is 9.80 Å². The van der Waals surface area contributed by atoms with Gasteiger partial charge in [-0.2, -0.15) is 0 Å². The number of imide groups is 1. The quantitative estimate of drug-likeness (QED) is 0.0802. The molecule has 58 heavy (non-hydrogen) atoms. The maximum Gasteiger partial charge on any atom is 0.301 e. The lowest BCUT2D eigenvalue weighted by Gasteiger charge is -2.55. The van der Waals surface area contributed by atoms with Gasteiger partial charge in [0.25, 0.3) is 0 Å². The highest BCUT2D eigenvalue weighted by Crippen LogP contribution is 2.65. The Balaban J connectivity index is 1.35. The third-order valence-electron chi connectivity index (χ3n) is 12.4. The first-order valence-corrected chi connectivity index (χ1v) is 18.9. The van der Waals surface area contributed by atoms with E-state index in [9.17, 15) is 34.9 Å². The zero-order valence-electron chi connectivity index (χ0n) is 31.6. The molecule has 292 valence electrons. The van der Waals surface area contributed by atoms with E-state index >= 15 is 9.59 Å². The molecule has 4 aromatic rings. The van der Waals surface area contributed by atoms with Gasteiger partial charge in [0.1, 0.15) is 5.75 Å². The summed E-state index contributed by atoms with van der Waals surface area (Å²) in [5.74, 6) is -7.11. The van der Waals surface area contributed by atoms with Gasteiger partial charge in [-0.05, 0) is 47.9 Å². The predicted molar refractivity (Wildman–Crippen MR) is 215 cm³/mol. The first kappa shape index (κ1) is 37.9. The Morgan fingerprint density at radius 3 is 2.12 bits per heavy atom. The first-order chi connectivity index (χ1) is 27.8. The van der Waals surface area contributed by atoms with Crippen LogP contribution in [0.1, 0.15) is 41.0 Å². The predicted octanol–water partition coefficient (Wildman–Crippen LogP) is 7.03. The van der Waals surface area contributed by atoms with Crippen molar-refractivity contribution in [1.29, 1.82) is 0 Å². The number of Topliss-reactive ketones (excluding diaryl/α,β-unsaturated/α-hetero) is 1. The number of amides is 2. The van der Waals surface area contributed by atoms with Crippen molar-refractivity contribution in [2.75, 3.05) is 23.9 Å². The Hall–Kier alpha value is -7.02. The molecule has 2 amide bonds. The Morgan fingerprint density at radius 1 is 0.879 bits per heavy atom. The molecule has 1 saturated heterocycles. The number of nitrogens with zero attached hydrogens (tertiary/aromatic N) is 4. The number of hydrogen-bond donors (Lipinski definition) is 1. The van der Waals surface area contributed by atoms with E-state index in [1.807, 2.05) is 6.08 Å². The molecule has 4 aromatic carbocycles. The van der Waals surface area contributed by atoms with Gasteiger partial charge in [0.2, 0.25) is 11.8 Å². The summed E-state index contributed by atoms with van der Waals surface area (Å²) >= 11 is 0. The third kappa shape index (κ3) is 5.52. The number of fused-ring (bicyclic) bond motifs is 4. The van der Waals surface area contributed by atoms with E-state index in [0.717, 1.165) is 17.0 Å². The number of rotatable bonds is 9. The van der Waals surface area contributed by atoms with Crippen molar-refractivity contribution in [3.8, 4) is 5.75 Å². The van der Waals surface area contributed by atoms with Gasteiger partial charge in [-0.3, -0.25) is 39.4 Å². The van der Waals surface area contributed by atoms with Gasteiger partial charge in [0.05, 0.1) is 32.8 Å². The number of nitro groups is 2. The summed E-state index contributed by atoms with van der Waals surface area (Å²) < 4.78 is 0. The Kier molecular flexibility index (Phi) is 9.26. The first-order valence-electron chi connectivity index (χ1n) is 18.9. The fraction of sp³-hybridized carbons (Fsp3) is 0.244. The number of anilines is 2. The zero-order valence-corrected chi connectivity index (χ0v) is 31.6. The number of benzene rings is 4. The highest BCUT2D eigenvalue weighted by molar-refractivity contribution is 6.32. The van der Waals surface area contributed by atoms with E-state index in [4.69, 9.17) is 0 Å². The molecule has 1 heterocycles. The van der Waals surface area contributed by atoms with Crippen LogP contribution in [0, 0.1) is 43.9 Å². The molecule has 4 aliphatic rings. The minimum atomic E-state index is -1.58. The fourth-order valence-corrected chi connectivity index (χ4v) is 10.1. The van der Waals surface area contributed by atoms with Crippen molar-refractivity contribution in [2.24, 2.45) is 23.7 Å². The van der Waals surface area contributed by atoms with Crippen molar-refractivity contribution in [2.45, 2.75) is 30.6 Å². The highest BCUT2D eigenvalue weighted by Gasteiger charge is 2.66. The maximum absolute atomic E-state index is 15.3. The maximum atomic E-state index is 15.3. The SMILES string of the molecule is C=CCc1cccc([C@H]2C3=CC[C@@H]4C(=O)N(c5cc([N+](=O)[O-])c(N(C)C)c([N+](=O)[O-])c5)C(=O)[C@@H]4[C@@H]3C[C@H]3C(=O)C(c4ccccc4)=CC(=O)[C@@]23c2ccccc2)c1O.